The lowest BCUT2D eigenvalue weighted by atomic mass is 9.98. The van der Waals surface area contributed by atoms with Crippen LogP contribution in [0, 0.1) is 6.92 Å². The normalized spacial score (nSPS) is 19.0. The van der Waals surface area contributed by atoms with Crippen molar-refractivity contribution in [3.05, 3.63) is 35.5 Å². The number of para-hydroxylation sites is 1. The highest BCUT2D eigenvalue weighted by Gasteiger charge is 2.40. The summed E-state index contributed by atoms with van der Waals surface area (Å²) in [7, 11) is 0. The molecule has 2 saturated heterocycles. The SMILES string of the molecule is Cc1cccc(C(C)C)c1Nc1cnnc(N2CCC3(CC2)OCCO3)n1. The summed E-state index contributed by atoms with van der Waals surface area (Å²) in [5.74, 6) is 1.39. The van der Waals surface area contributed by atoms with Crippen LogP contribution in [-0.4, -0.2) is 47.3 Å². The van der Waals surface area contributed by atoms with E-state index in [0.717, 1.165) is 31.6 Å². The lowest BCUT2D eigenvalue weighted by Crippen LogP contribution is -2.45. The molecule has 1 spiro atoms. The molecule has 1 aromatic carbocycles. The van der Waals surface area contributed by atoms with E-state index in [4.69, 9.17) is 14.5 Å². The molecule has 0 aliphatic carbocycles. The molecule has 27 heavy (non-hydrogen) atoms. The quantitative estimate of drug-likeness (QED) is 0.885. The van der Waals surface area contributed by atoms with E-state index in [1.807, 2.05) is 0 Å². The molecule has 0 amide bonds. The van der Waals surface area contributed by atoms with Gasteiger partial charge in [0.25, 0.3) is 0 Å². The maximum atomic E-state index is 5.80. The van der Waals surface area contributed by atoms with E-state index in [-0.39, 0.29) is 0 Å². The highest BCUT2D eigenvalue weighted by atomic mass is 16.7. The summed E-state index contributed by atoms with van der Waals surface area (Å²) in [5, 5.41) is 11.9. The smallest absolute Gasteiger partial charge is 0.247 e. The Kier molecular flexibility index (Phi) is 4.97. The topological polar surface area (TPSA) is 72.4 Å². The Morgan fingerprint density at radius 2 is 1.89 bits per heavy atom. The minimum Gasteiger partial charge on any atom is -0.347 e. The average Bonchev–Trinajstić information content (AvgIpc) is 3.12. The third-order valence-corrected chi connectivity index (χ3v) is 5.35. The minimum absolute atomic E-state index is 0.396. The van der Waals surface area contributed by atoms with Crippen LogP contribution in [0.1, 0.15) is 43.7 Å². The van der Waals surface area contributed by atoms with Gasteiger partial charge < -0.3 is 19.7 Å². The van der Waals surface area contributed by atoms with Gasteiger partial charge in [-0.15, -0.1) is 5.10 Å². The van der Waals surface area contributed by atoms with E-state index in [2.05, 4.69) is 59.4 Å². The molecule has 0 saturated carbocycles. The second-order valence-electron chi connectivity index (χ2n) is 7.56. The van der Waals surface area contributed by atoms with Crippen molar-refractivity contribution in [3.8, 4) is 0 Å². The van der Waals surface area contributed by atoms with Gasteiger partial charge in [0, 0.05) is 31.6 Å². The van der Waals surface area contributed by atoms with Gasteiger partial charge in [-0.1, -0.05) is 32.0 Å². The Balaban J connectivity index is 1.51. The van der Waals surface area contributed by atoms with Gasteiger partial charge in [0.1, 0.15) is 0 Å². The van der Waals surface area contributed by atoms with Crippen LogP contribution in [0.2, 0.25) is 0 Å². The first kappa shape index (κ1) is 18.1. The first-order valence-corrected chi connectivity index (χ1v) is 9.65. The molecule has 0 unspecified atom stereocenters. The van der Waals surface area contributed by atoms with Crippen molar-refractivity contribution < 1.29 is 9.47 Å². The number of nitrogens with one attached hydrogen (secondary N) is 1. The molecule has 3 heterocycles. The van der Waals surface area contributed by atoms with Crippen molar-refractivity contribution >= 4 is 17.5 Å². The van der Waals surface area contributed by atoms with Gasteiger partial charge in [-0.25, -0.2) is 0 Å². The van der Waals surface area contributed by atoms with E-state index in [9.17, 15) is 0 Å². The van der Waals surface area contributed by atoms with Gasteiger partial charge in [0.05, 0.1) is 19.4 Å². The molecular weight excluding hydrogens is 342 g/mol. The highest BCUT2D eigenvalue weighted by Crippen LogP contribution is 2.33. The molecule has 1 N–H and O–H groups in total. The number of hydrogen-bond acceptors (Lipinski definition) is 7. The molecule has 0 atom stereocenters. The van der Waals surface area contributed by atoms with Gasteiger partial charge >= 0.3 is 0 Å². The molecule has 4 rings (SSSR count). The molecular formula is C20H27N5O2. The third-order valence-electron chi connectivity index (χ3n) is 5.35. The van der Waals surface area contributed by atoms with E-state index >= 15 is 0 Å². The van der Waals surface area contributed by atoms with E-state index in [0.29, 0.717) is 30.9 Å². The van der Waals surface area contributed by atoms with Crippen LogP contribution in [0.15, 0.2) is 24.4 Å². The monoisotopic (exact) mass is 369 g/mol. The van der Waals surface area contributed by atoms with Crippen molar-refractivity contribution in [2.24, 2.45) is 0 Å². The number of benzene rings is 1. The predicted molar refractivity (Wildman–Crippen MR) is 104 cm³/mol. The number of ether oxygens (including phenoxy) is 2. The lowest BCUT2D eigenvalue weighted by Gasteiger charge is -2.37. The summed E-state index contributed by atoms with van der Waals surface area (Å²) in [6.45, 7) is 9.47. The molecule has 1 aromatic heterocycles. The van der Waals surface area contributed by atoms with Gasteiger partial charge in [-0.05, 0) is 24.0 Å². The Labute approximate surface area is 160 Å². The molecule has 7 heteroatoms. The fourth-order valence-electron chi connectivity index (χ4n) is 3.79. The molecule has 7 nitrogen and oxygen atoms in total. The number of anilines is 3. The zero-order chi connectivity index (χ0) is 18.9. The Morgan fingerprint density at radius 3 is 2.59 bits per heavy atom. The molecule has 2 aliphatic rings. The molecule has 144 valence electrons. The van der Waals surface area contributed by atoms with Crippen LogP contribution in [0.25, 0.3) is 0 Å². The highest BCUT2D eigenvalue weighted by molar-refractivity contribution is 5.65. The molecule has 2 aromatic rings. The second-order valence-corrected chi connectivity index (χ2v) is 7.56. The zero-order valence-corrected chi connectivity index (χ0v) is 16.2. The number of aryl methyl sites for hydroxylation is 1. The Bertz CT molecular complexity index is 795. The first-order valence-electron chi connectivity index (χ1n) is 9.65. The van der Waals surface area contributed by atoms with Gasteiger partial charge in [-0.3, -0.25) is 0 Å². The van der Waals surface area contributed by atoms with Crippen molar-refractivity contribution in [1.82, 2.24) is 15.2 Å². The standard InChI is InChI=1S/C20H27N5O2/c1-14(2)16-6-4-5-15(3)18(16)22-17-13-21-24-19(23-17)25-9-7-20(8-10-25)26-11-12-27-20/h4-6,13-14H,7-12H2,1-3H3,(H,22,23,24). The fourth-order valence-corrected chi connectivity index (χ4v) is 3.79. The van der Waals surface area contributed by atoms with Gasteiger partial charge in [0.2, 0.25) is 5.95 Å². The van der Waals surface area contributed by atoms with Gasteiger partial charge in [0.15, 0.2) is 11.6 Å². The number of nitrogens with zero attached hydrogens (tertiary/aromatic N) is 4. The summed E-state index contributed by atoms with van der Waals surface area (Å²) in [5.41, 5.74) is 3.56. The van der Waals surface area contributed by atoms with Crippen molar-refractivity contribution in [2.75, 3.05) is 36.5 Å². The number of piperidine rings is 1. The fraction of sp³-hybridized carbons (Fsp3) is 0.550. The largest absolute Gasteiger partial charge is 0.347 e. The number of rotatable bonds is 4. The van der Waals surface area contributed by atoms with Crippen LogP contribution in [0.5, 0.6) is 0 Å². The second kappa shape index (κ2) is 7.40. The van der Waals surface area contributed by atoms with Crippen LogP contribution < -0.4 is 10.2 Å². The summed E-state index contributed by atoms with van der Waals surface area (Å²) in [6.07, 6.45) is 3.32. The third kappa shape index (κ3) is 3.75. The predicted octanol–water partition coefficient (Wildman–Crippen LogP) is 3.39. The maximum absolute atomic E-state index is 5.80. The van der Waals surface area contributed by atoms with Gasteiger partial charge in [-0.2, -0.15) is 10.1 Å². The molecule has 0 radical (unpaired) electrons. The lowest BCUT2D eigenvalue weighted by molar-refractivity contribution is -0.169. The van der Waals surface area contributed by atoms with Crippen LogP contribution in [0.3, 0.4) is 0 Å². The Morgan fingerprint density at radius 1 is 1.15 bits per heavy atom. The number of aromatic nitrogens is 3. The summed E-state index contributed by atoms with van der Waals surface area (Å²) < 4.78 is 11.6. The van der Waals surface area contributed by atoms with E-state index in [1.54, 1.807) is 6.20 Å². The molecule has 0 bridgehead atoms. The van der Waals surface area contributed by atoms with E-state index < -0.39 is 5.79 Å². The Hall–Kier alpha value is -2.25. The maximum Gasteiger partial charge on any atom is 0.247 e. The van der Waals surface area contributed by atoms with Crippen LogP contribution in [0.4, 0.5) is 17.5 Å². The van der Waals surface area contributed by atoms with Crippen molar-refractivity contribution in [3.63, 3.8) is 0 Å². The molecule has 2 aliphatic heterocycles. The minimum atomic E-state index is -0.396. The van der Waals surface area contributed by atoms with Crippen LogP contribution >= 0.6 is 0 Å². The number of hydrogen-bond donors (Lipinski definition) is 1. The summed E-state index contributed by atoms with van der Waals surface area (Å²) >= 11 is 0. The van der Waals surface area contributed by atoms with E-state index in [1.165, 1.54) is 11.1 Å². The van der Waals surface area contributed by atoms with Crippen molar-refractivity contribution in [2.45, 2.75) is 45.3 Å². The summed E-state index contributed by atoms with van der Waals surface area (Å²) in [6, 6.07) is 6.35. The molecule has 2 fully saturated rings. The summed E-state index contributed by atoms with van der Waals surface area (Å²) in [4.78, 5) is 6.86. The zero-order valence-electron chi connectivity index (χ0n) is 16.2. The first-order chi connectivity index (χ1) is 13.1. The average molecular weight is 369 g/mol. The van der Waals surface area contributed by atoms with Crippen LogP contribution in [-0.2, 0) is 9.47 Å². The van der Waals surface area contributed by atoms with Crippen molar-refractivity contribution in [1.29, 1.82) is 0 Å².